The molecule has 0 saturated heterocycles. The normalized spacial score (nSPS) is 31.5. The van der Waals surface area contributed by atoms with Crippen molar-refractivity contribution in [2.75, 3.05) is 6.54 Å². The van der Waals surface area contributed by atoms with Crippen LogP contribution in [0.1, 0.15) is 19.3 Å². The van der Waals surface area contributed by atoms with E-state index in [0.717, 1.165) is 30.0 Å². The molecule has 1 N–H and O–H groups in total. The molecule has 4 unspecified atom stereocenters. The number of nitrogens with one attached hydrogen (secondary N) is 1. The molecule has 0 radical (unpaired) electrons. The highest BCUT2D eigenvalue weighted by molar-refractivity contribution is 9.10. The van der Waals surface area contributed by atoms with Gasteiger partial charge in [0.2, 0.25) is 10.0 Å². The van der Waals surface area contributed by atoms with Crippen molar-refractivity contribution in [3.63, 3.8) is 0 Å². The molecule has 1 aromatic carbocycles. The number of halogens is 1. The summed E-state index contributed by atoms with van der Waals surface area (Å²) in [4.78, 5) is 11.5. The maximum Gasteiger partial charge on any atom is 0.240 e. The van der Waals surface area contributed by atoms with Crippen molar-refractivity contribution in [3.05, 3.63) is 28.7 Å². The highest BCUT2D eigenvalue weighted by atomic mass is 79.9. The molecule has 2 saturated carbocycles. The molecule has 0 amide bonds. The number of carbonyl (C=O) groups excluding carboxylic acids is 1. The lowest BCUT2D eigenvalue weighted by Gasteiger charge is -2.27. The van der Waals surface area contributed by atoms with Crippen molar-refractivity contribution >= 4 is 32.2 Å². The van der Waals surface area contributed by atoms with Gasteiger partial charge in [0.05, 0.1) is 4.90 Å². The first-order valence-corrected chi connectivity index (χ1v) is 9.49. The molecule has 2 bridgehead atoms. The van der Waals surface area contributed by atoms with E-state index in [-0.39, 0.29) is 16.7 Å². The van der Waals surface area contributed by atoms with Crippen LogP contribution in [-0.2, 0) is 14.8 Å². The van der Waals surface area contributed by atoms with Gasteiger partial charge in [-0.15, -0.1) is 0 Å². The summed E-state index contributed by atoms with van der Waals surface area (Å²) < 4.78 is 28.1. The smallest absolute Gasteiger partial charge is 0.240 e. The van der Waals surface area contributed by atoms with Crippen LogP contribution in [0.15, 0.2) is 33.6 Å². The quantitative estimate of drug-likeness (QED) is 0.809. The number of carbonyl (C=O) groups is 1. The topological polar surface area (TPSA) is 63.2 Å². The summed E-state index contributed by atoms with van der Waals surface area (Å²) in [6.07, 6.45) is 4.35. The Hall–Kier alpha value is -0.720. The Morgan fingerprint density at radius 2 is 1.86 bits per heavy atom. The van der Waals surface area contributed by atoms with Crippen molar-refractivity contribution in [2.45, 2.75) is 24.2 Å². The van der Waals surface area contributed by atoms with Gasteiger partial charge in [-0.1, -0.05) is 15.9 Å². The first-order valence-electron chi connectivity index (χ1n) is 7.22. The van der Waals surface area contributed by atoms with Gasteiger partial charge in [0.25, 0.3) is 0 Å². The maximum absolute atomic E-state index is 12.3. The molecule has 21 heavy (non-hydrogen) atoms. The Balaban J connectivity index is 1.69. The Bertz CT molecular complexity index is 629. The molecule has 0 heterocycles. The van der Waals surface area contributed by atoms with E-state index in [1.165, 1.54) is 0 Å². The van der Waals surface area contributed by atoms with Crippen molar-refractivity contribution < 1.29 is 13.2 Å². The number of benzene rings is 1. The first kappa shape index (κ1) is 15.2. The molecule has 0 aromatic heterocycles. The van der Waals surface area contributed by atoms with E-state index in [2.05, 4.69) is 20.7 Å². The van der Waals surface area contributed by atoms with E-state index >= 15 is 0 Å². The molecule has 114 valence electrons. The summed E-state index contributed by atoms with van der Waals surface area (Å²) in [5.74, 6) is 1.15. The number of rotatable bonds is 5. The zero-order chi connectivity index (χ0) is 15.0. The largest absolute Gasteiger partial charge is 0.303 e. The van der Waals surface area contributed by atoms with Crippen molar-refractivity contribution in [2.24, 2.45) is 23.7 Å². The summed E-state index contributed by atoms with van der Waals surface area (Å²) in [5, 5.41) is 0. The average Bonchev–Trinajstić information content (AvgIpc) is 3.06. The number of fused-ring (bicyclic) bond motifs is 2. The third-order valence-electron chi connectivity index (χ3n) is 4.95. The maximum atomic E-state index is 12.3. The molecule has 3 rings (SSSR count). The molecule has 6 heteroatoms. The van der Waals surface area contributed by atoms with Gasteiger partial charge < -0.3 is 4.79 Å². The molecule has 0 aliphatic heterocycles. The van der Waals surface area contributed by atoms with Crippen LogP contribution in [0.25, 0.3) is 0 Å². The predicted octanol–water partition coefficient (Wildman–Crippen LogP) is 2.59. The van der Waals surface area contributed by atoms with Crippen LogP contribution in [0.3, 0.4) is 0 Å². The number of sulfonamides is 1. The van der Waals surface area contributed by atoms with Gasteiger partial charge in [0, 0.05) is 16.9 Å². The minimum absolute atomic E-state index is 0.0244. The van der Waals surface area contributed by atoms with Crippen LogP contribution in [-0.4, -0.2) is 21.2 Å². The van der Waals surface area contributed by atoms with Gasteiger partial charge in [0.1, 0.15) is 6.29 Å². The summed E-state index contributed by atoms with van der Waals surface area (Å²) in [6, 6.07) is 6.56. The second kappa shape index (κ2) is 5.82. The lowest BCUT2D eigenvalue weighted by atomic mass is 9.80. The Labute approximate surface area is 133 Å². The first-order chi connectivity index (χ1) is 10.0. The van der Waals surface area contributed by atoms with Gasteiger partial charge in [-0.25, -0.2) is 13.1 Å². The fourth-order valence-corrected chi connectivity index (χ4v) is 5.21. The molecule has 0 spiro atoms. The third-order valence-corrected chi connectivity index (χ3v) is 6.92. The number of hydrogen-bond acceptors (Lipinski definition) is 3. The summed E-state index contributed by atoms with van der Waals surface area (Å²) in [5.41, 5.74) is 0. The minimum atomic E-state index is -3.50. The van der Waals surface area contributed by atoms with Crippen LogP contribution in [0.2, 0.25) is 0 Å². The number of aldehydes is 1. The Kier molecular flexibility index (Phi) is 4.21. The highest BCUT2D eigenvalue weighted by Gasteiger charge is 2.47. The van der Waals surface area contributed by atoms with Crippen LogP contribution >= 0.6 is 15.9 Å². The lowest BCUT2D eigenvalue weighted by molar-refractivity contribution is -0.113. The number of hydrogen-bond donors (Lipinski definition) is 1. The van der Waals surface area contributed by atoms with Gasteiger partial charge in [0.15, 0.2) is 0 Å². The predicted molar refractivity (Wildman–Crippen MR) is 83.2 cm³/mol. The van der Waals surface area contributed by atoms with E-state index in [1.807, 2.05) is 0 Å². The second-order valence-corrected chi connectivity index (χ2v) is 8.70. The summed E-state index contributed by atoms with van der Waals surface area (Å²) in [7, 11) is -3.50. The zero-order valence-corrected chi connectivity index (χ0v) is 13.9. The lowest BCUT2D eigenvalue weighted by Crippen LogP contribution is -2.36. The van der Waals surface area contributed by atoms with Crippen molar-refractivity contribution in [1.29, 1.82) is 0 Å². The van der Waals surface area contributed by atoms with Gasteiger partial charge in [-0.2, -0.15) is 0 Å². The Morgan fingerprint density at radius 3 is 2.52 bits per heavy atom. The molecule has 4 atom stereocenters. The fraction of sp³-hybridized carbons (Fsp3) is 0.533. The van der Waals surface area contributed by atoms with Crippen molar-refractivity contribution in [1.82, 2.24) is 4.72 Å². The van der Waals surface area contributed by atoms with E-state index in [4.69, 9.17) is 0 Å². The average molecular weight is 372 g/mol. The molecular weight excluding hydrogens is 354 g/mol. The summed E-state index contributed by atoms with van der Waals surface area (Å²) in [6.45, 7) is 0.364. The van der Waals surface area contributed by atoms with E-state index in [9.17, 15) is 13.2 Å². The molecule has 2 aliphatic rings. The molecule has 2 aliphatic carbocycles. The van der Waals surface area contributed by atoms with Crippen molar-refractivity contribution in [3.8, 4) is 0 Å². The third kappa shape index (κ3) is 2.94. The zero-order valence-electron chi connectivity index (χ0n) is 11.5. The molecule has 4 nitrogen and oxygen atoms in total. The van der Waals surface area contributed by atoms with E-state index in [1.54, 1.807) is 24.3 Å². The van der Waals surface area contributed by atoms with Crippen LogP contribution < -0.4 is 4.72 Å². The van der Waals surface area contributed by atoms with Gasteiger partial charge in [-0.3, -0.25) is 0 Å². The van der Waals surface area contributed by atoms with Gasteiger partial charge in [-0.05, 0) is 61.3 Å². The van der Waals surface area contributed by atoms with E-state index < -0.39 is 10.0 Å². The fourth-order valence-electron chi connectivity index (χ4n) is 3.87. The highest BCUT2D eigenvalue weighted by Crippen LogP contribution is 2.51. The standard InChI is InChI=1S/C15H18BrNO3S/c16-12-3-5-13(6-4-12)21(19,20)17-8-14-10-1-2-11(7-10)15(14)9-18/h3-6,9-11,14-15,17H,1-2,7-8H2. The van der Waals surface area contributed by atoms with Crippen LogP contribution in [0.5, 0.6) is 0 Å². The molecule has 2 fully saturated rings. The minimum Gasteiger partial charge on any atom is -0.303 e. The van der Waals surface area contributed by atoms with E-state index in [0.29, 0.717) is 18.4 Å². The molecular formula is C15H18BrNO3S. The molecule has 1 aromatic rings. The second-order valence-electron chi connectivity index (χ2n) is 6.02. The Morgan fingerprint density at radius 1 is 1.19 bits per heavy atom. The summed E-state index contributed by atoms with van der Waals surface area (Å²) >= 11 is 3.29. The van der Waals surface area contributed by atoms with Gasteiger partial charge >= 0.3 is 0 Å². The van der Waals surface area contributed by atoms with Crippen LogP contribution in [0, 0.1) is 23.7 Å². The SMILES string of the molecule is O=CC1C2CCC(C2)C1CNS(=O)(=O)c1ccc(Br)cc1. The monoisotopic (exact) mass is 371 g/mol. The van der Waals surface area contributed by atoms with Crippen LogP contribution in [0.4, 0.5) is 0 Å².